The maximum absolute atomic E-state index is 10.7. The van der Waals surface area contributed by atoms with Gasteiger partial charge in [-0.05, 0) is 26.8 Å². The van der Waals surface area contributed by atoms with E-state index in [1.807, 2.05) is 20.8 Å². The topological polar surface area (TPSA) is 74.5 Å². The minimum Gasteiger partial charge on any atom is -0.470 e. The average Bonchev–Trinajstić information content (AvgIpc) is 2.22. The minimum absolute atomic E-state index is 0.0926. The molecule has 0 radical (unpaired) electrons. The highest BCUT2D eigenvalue weighted by molar-refractivity contribution is 6.29. The lowest BCUT2D eigenvalue weighted by molar-refractivity contribution is -0.386. The van der Waals surface area contributed by atoms with E-state index in [1.165, 1.54) is 12.1 Å². The number of ether oxygens (including phenoxy) is 2. The Morgan fingerprint density at radius 3 is 2.61 bits per heavy atom. The monoisotopic (exact) mass is 274 g/mol. The Morgan fingerprint density at radius 2 is 2.06 bits per heavy atom. The molecule has 1 heterocycles. The van der Waals surface area contributed by atoms with Gasteiger partial charge >= 0.3 is 5.69 Å². The van der Waals surface area contributed by atoms with E-state index in [1.54, 1.807) is 0 Å². The van der Waals surface area contributed by atoms with Crippen LogP contribution in [0.25, 0.3) is 0 Å². The zero-order valence-electron chi connectivity index (χ0n) is 10.5. The molecule has 0 aromatic carbocycles. The summed E-state index contributed by atoms with van der Waals surface area (Å²) in [5, 5.41) is 10.9. The number of nitrogens with zero attached hydrogens (tertiary/aromatic N) is 2. The molecule has 0 bridgehead atoms. The summed E-state index contributed by atoms with van der Waals surface area (Å²) in [5.41, 5.74) is -0.494. The van der Waals surface area contributed by atoms with Crippen molar-refractivity contribution in [2.24, 2.45) is 0 Å². The van der Waals surface area contributed by atoms with Gasteiger partial charge in [0.1, 0.15) is 11.8 Å². The third-order valence-electron chi connectivity index (χ3n) is 1.86. The molecule has 1 aromatic rings. The zero-order chi connectivity index (χ0) is 13.8. The van der Waals surface area contributed by atoms with Crippen LogP contribution in [0.3, 0.4) is 0 Å². The quantitative estimate of drug-likeness (QED) is 0.357. The lowest BCUT2D eigenvalue weighted by Gasteiger charge is -2.19. The molecule has 0 aliphatic carbocycles. The van der Waals surface area contributed by atoms with Crippen LogP contribution in [-0.2, 0) is 4.74 Å². The number of pyridine rings is 1. The molecule has 0 aliphatic rings. The predicted octanol–water partition coefficient (Wildman–Crippen LogP) is 2.84. The van der Waals surface area contributed by atoms with Crippen molar-refractivity contribution in [3.8, 4) is 5.88 Å². The Morgan fingerprint density at radius 1 is 1.39 bits per heavy atom. The summed E-state index contributed by atoms with van der Waals surface area (Å²) in [7, 11) is 0. The number of hydrogen-bond acceptors (Lipinski definition) is 5. The molecule has 0 unspecified atom stereocenters. The van der Waals surface area contributed by atoms with Gasteiger partial charge in [-0.2, -0.15) is 4.98 Å². The van der Waals surface area contributed by atoms with Gasteiger partial charge in [-0.3, -0.25) is 10.1 Å². The molecule has 0 saturated carbocycles. The van der Waals surface area contributed by atoms with Crippen LogP contribution >= 0.6 is 11.6 Å². The Kier molecular flexibility index (Phi) is 4.86. The summed E-state index contributed by atoms with van der Waals surface area (Å²) in [4.78, 5) is 13.9. The normalized spacial score (nSPS) is 11.3. The Hall–Kier alpha value is -1.40. The highest BCUT2D eigenvalue weighted by atomic mass is 35.5. The molecule has 0 aliphatic heterocycles. The van der Waals surface area contributed by atoms with Crippen molar-refractivity contribution in [3.63, 3.8) is 0 Å². The molecular formula is C11H15ClN2O4. The molecule has 0 fully saturated rings. The van der Waals surface area contributed by atoms with E-state index in [0.717, 1.165) is 0 Å². The first-order valence-corrected chi connectivity index (χ1v) is 5.75. The summed E-state index contributed by atoms with van der Waals surface area (Å²) >= 11 is 5.66. The van der Waals surface area contributed by atoms with Crippen molar-refractivity contribution in [3.05, 3.63) is 27.4 Å². The summed E-state index contributed by atoms with van der Waals surface area (Å²) in [6.07, 6.45) is 0. The van der Waals surface area contributed by atoms with Crippen molar-refractivity contribution in [2.75, 3.05) is 13.2 Å². The summed E-state index contributed by atoms with van der Waals surface area (Å²) in [5.74, 6) is -0.0926. The van der Waals surface area contributed by atoms with Crippen LogP contribution in [0.5, 0.6) is 5.88 Å². The standard InChI is InChI=1S/C11H15ClN2O4/c1-11(2,3)18-7-6-17-10-8(14(15)16)4-5-9(12)13-10/h4-5H,6-7H2,1-3H3. The second-order valence-electron chi connectivity index (χ2n) is 4.52. The molecule has 0 saturated heterocycles. The molecule has 7 heteroatoms. The lowest BCUT2D eigenvalue weighted by Crippen LogP contribution is -2.22. The highest BCUT2D eigenvalue weighted by Crippen LogP contribution is 2.26. The Bertz CT molecular complexity index is 432. The van der Waals surface area contributed by atoms with E-state index >= 15 is 0 Å². The average molecular weight is 275 g/mol. The molecule has 0 amide bonds. The van der Waals surface area contributed by atoms with Gasteiger partial charge in [-0.15, -0.1) is 0 Å². The highest BCUT2D eigenvalue weighted by Gasteiger charge is 2.17. The molecule has 0 atom stereocenters. The first-order valence-electron chi connectivity index (χ1n) is 5.37. The van der Waals surface area contributed by atoms with Crippen molar-refractivity contribution in [1.29, 1.82) is 0 Å². The van der Waals surface area contributed by atoms with Gasteiger partial charge < -0.3 is 9.47 Å². The van der Waals surface area contributed by atoms with Crippen molar-refractivity contribution >= 4 is 17.3 Å². The number of aromatic nitrogens is 1. The van der Waals surface area contributed by atoms with Gasteiger partial charge in [0.15, 0.2) is 0 Å². The van der Waals surface area contributed by atoms with Crippen LogP contribution in [0.2, 0.25) is 5.15 Å². The van der Waals surface area contributed by atoms with Gasteiger partial charge in [0.05, 0.1) is 17.1 Å². The fraction of sp³-hybridized carbons (Fsp3) is 0.545. The number of rotatable bonds is 5. The van der Waals surface area contributed by atoms with Crippen LogP contribution in [0.1, 0.15) is 20.8 Å². The summed E-state index contributed by atoms with van der Waals surface area (Å²) < 4.78 is 10.6. The van der Waals surface area contributed by atoms with Gasteiger partial charge in [-0.1, -0.05) is 11.6 Å². The largest absolute Gasteiger partial charge is 0.470 e. The molecular weight excluding hydrogens is 260 g/mol. The number of halogens is 1. The van der Waals surface area contributed by atoms with E-state index in [9.17, 15) is 10.1 Å². The number of hydrogen-bond donors (Lipinski definition) is 0. The third kappa shape index (κ3) is 4.85. The van der Waals surface area contributed by atoms with Crippen molar-refractivity contribution < 1.29 is 14.4 Å². The Balaban J connectivity index is 2.61. The molecule has 0 N–H and O–H groups in total. The molecule has 100 valence electrons. The second kappa shape index (κ2) is 5.97. The van der Waals surface area contributed by atoms with Gasteiger partial charge in [0.25, 0.3) is 5.88 Å². The van der Waals surface area contributed by atoms with Crippen LogP contribution < -0.4 is 4.74 Å². The number of nitro groups is 1. The van der Waals surface area contributed by atoms with Gasteiger partial charge in [-0.25, -0.2) is 0 Å². The predicted molar refractivity (Wildman–Crippen MR) is 67.1 cm³/mol. The molecule has 6 nitrogen and oxygen atoms in total. The first kappa shape index (κ1) is 14.7. The third-order valence-corrected chi connectivity index (χ3v) is 2.07. The molecule has 0 spiro atoms. The molecule has 1 rings (SSSR count). The molecule has 18 heavy (non-hydrogen) atoms. The Labute approximate surface area is 110 Å². The maximum Gasteiger partial charge on any atom is 0.331 e. The van der Waals surface area contributed by atoms with E-state index < -0.39 is 4.92 Å². The van der Waals surface area contributed by atoms with Crippen molar-refractivity contribution in [2.45, 2.75) is 26.4 Å². The van der Waals surface area contributed by atoms with Crippen LogP contribution in [-0.4, -0.2) is 28.7 Å². The van der Waals surface area contributed by atoms with Crippen molar-refractivity contribution in [1.82, 2.24) is 4.98 Å². The fourth-order valence-corrected chi connectivity index (χ4v) is 1.28. The lowest BCUT2D eigenvalue weighted by atomic mass is 10.2. The van der Waals surface area contributed by atoms with E-state index in [4.69, 9.17) is 21.1 Å². The van der Waals surface area contributed by atoms with Crippen LogP contribution in [0.15, 0.2) is 12.1 Å². The van der Waals surface area contributed by atoms with Gasteiger partial charge in [0.2, 0.25) is 0 Å². The van der Waals surface area contributed by atoms with E-state index in [-0.39, 0.29) is 28.9 Å². The van der Waals surface area contributed by atoms with E-state index in [0.29, 0.717) is 6.61 Å². The van der Waals surface area contributed by atoms with E-state index in [2.05, 4.69) is 4.98 Å². The molecule has 1 aromatic heterocycles. The fourth-order valence-electron chi connectivity index (χ4n) is 1.14. The zero-order valence-corrected chi connectivity index (χ0v) is 11.2. The SMILES string of the molecule is CC(C)(C)OCCOc1nc(Cl)ccc1[N+](=O)[O-]. The minimum atomic E-state index is -0.566. The van der Waals surface area contributed by atoms with Crippen LogP contribution in [0, 0.1) is 10.1 Å². The van der Waals surface area contributed by atoms with Gasteiger partial charge in [0, 0.05) is 6.07 Å². The van der Waals surface area contributed by atoms with Crippen LogP contribution in [0.4, 0.5) is 5.69 Å². The maximum atomic E-state index is 10.7. The smallest absolute Gasteiger partial charge is 0.331 e. The summed E-state index contributed by atoms with van der Waals surface area (Å²) in [6, 6.07) is 2.60. The first-order chi connectivity index (χ1) is 8.29. The summed E-state index contributed by atoms with van der Waals surface area (Å²) in [6.45, 7) is 6.22. The second-order valence-corrected chi connectivity index (χ2v) is 4.91.